The van der Waals surface area contributed by atoms with Gasteiger partial charge in [0.05, 0.1) is 6.07 Å². The molecule has 19 heavy (non-hydrogen) atoms. The first-order chi connectivity index (χ1) is 9.29. The molecule has 2 aromatic rings. The van der Waals surface area contributed by atoms with Crippen molar-refractivity contribution in [2.75, 3.05) is 0 Å². The molecule has 1 aliphatic rings. The first kappa shape index (κ1) is 12.0. The van der Waals surface area contributed by atoms with Crippen LogP contribution in [0.3, 0.4) is 0 Å². The molecule has 0 fully saturated rings. The fourth-order valence-corrected chi connectivity index (χ4v) is 2.69. The summed E-state index contributed by atoms with van der Waals surface area (Å²) in [7, 11) is 0. The highest BCUT2D eigenvalue weighted by Gasteiger charge is 2.18. The Kier molecular flexibility index (Phi) is 3.10. The topological polar surface area (TPSA) is 33.0 Å². The Bertz CT molecular complexity index is 713. The number of fused-ring (bicyclic) bond motifs is 2. The number of hydrogen-bond acceptors (Lipinski definition) is 2. The smallest absolute Gasteiger partial charge is 0.127 e. The van der Waals surface area contributed by atoms with Crippen LogP contribution in [0.4, 0.5) is 0 Å². The first-order valence-corrected chi connectivity index (χ1v) is 6.69. The van der Waals surface area contributed by atoms with Gasteiger partial charge in [0.1, 0.15) is 12.4 Å². The van der Waals surface area contributed by atoms with Gasteiger partial charge in [0, 0.05) is 21.7 Å². The summed E-state index contributed by atoms with van der Waals surface area (Å²) in [6.07, 6.45) is 1.58. The Balaban J connectivity index is 2.28. The van der Waals surface area contributed by atoms with Crippen LogP contribution in [-0.4, -0.2) is 0 Å². The van der Waals surface area contributed by atoms with Crippen LogP contribution in [0.25, 0.3) is 5.57 Å². The fourth-order valence-electron chi connectivity index (χ4n) is 2.28. The summed E-state index contributed by atoms with van der Waals surface area (Å²) in [6, 6.07) is 16.0. The monoisotopic (exact) mass is 311 g/mol. The molecule has 0 saturated carbocycles. The van der Waals surface area contributed by atoms with E-state index < -0.39 is 0 Å². The van der Waals surface area contributed by atoms with Crippen LogP contribution in [0.1, 0.15) is 16.7 Å². The second-order valence-corrected chi connectivity index (χ2v) is 5.19. The zero-order valence-electron chi connectivity index (χ0n) is 10.1. The quantitative estimate of drug-likeness (QED) is 0.680. The van der Waals surface area contributed by atoms with Gasteiger partial charge in [-0.25, -0.2) is 0 Å². The normalized spacial score (nSPS) is 14.8. The van der Waals surface area contributed by atoms with Crippen LogP contribution in [0.15, 0.2) is 53.0 Å². The van der Waals surface area contributed by atoms with Crippen molar-refractivity contribution in [3.63, 3.8) is 0 Å². The highest BCUT2D eigenvalue weighted by molar-refractivity contribution is 9.10. The molecule has 2 aromatic carbocycles. The summed E-state index contributed by atoms with van der Waals surface area (Å²) in [6.45, 7) is 0.508. The van der Waals surface area contributed by atoms with Crippen molar-refractivity contribution in [1.82, 2.24) is 0 Å². The third-order valence-corrected chi connectivity index (χ3v) is 3.62. The van der Waals surface area contributed by atoms with E-state index in [-0.39, 0.29) is 0 Å². The fraction of sp³-hybridized carbons (Fsp3) is 0.0625. The Hall–Kier alpha value is -2.05. The van der Waals surface area contributed by atoms with Gasteiger partial charge in [-0.3, -0.25) is 0 Å². The summed E-state index contributed by atoms with van der Waals surface area (Å²) in [5.41, 5.74) is 4.00. The van der Waals surface area contributed by atoms with Crippen molar-refractivity contribution < 1.29 is 4.74 Å². The SMILES string of the molecule is N#C/C=C1/c2ccc(Br)cc2COc2ccccc21. The van der Waals surface area contributed by atoms with Crippen molar-refractivity contribution >= 4 is 21.5 Å². The Morgan fingerprint density at radius 1 is 1.16 bits per heavy atom. The van der Waals surface area contributed by atoms with Crippen LogP contribution < -0.4 is 4.74 Å². The molecule has 1 heterocycles. The third-order valence-electron chi connectivity index (χ3n) is 3.13. The van der Waals surface area contributed by atoms with Gasteiger partial charge in [-0.05, 0) is 29.3 Å². The van der Waals surface area contributed by atoms with Gasteiger partial charge in [0.25, 0.3) is 0 Å². The third kappa shape index (κ3) is 2.16. The molecule has 2 nitrogen and oxygen atoms in total. The largest absolute Gasteiger partial charge is 0.488 e. The molecule has 0 spiro atoms. The number of rotatable bonds is 0. The number of halogens is 1. The van der Waals surface area contributed by atoms with Crippen LogP contribution in [0, 0.1) is 11.3 Å². The van der Waals surface area contributed by atoms with Crippen molar-refractivity contribution in [2.45, 2.75) is 6.61 Å². The van der Waals surface area contributed by atoms with Gasteiger partial charge in [-0.2, -0.15) is 5.26 Å². The lowest BCUT2D eigenvalue weighted by Crippen LogP contribution is -1.95. The van der Waals surface area contributed by atoms with E-state index in [0.717, 1.165) is 32.5 Å². The van der Waals surface area contributed by atoms with Gasteiger partial charge in [0.2, 0.25) is 0 Å². The van der Waals surface area contributed by atoms with E-state index in [1.165, 1.54) is 0 Å². The molecule has 1 aliphatic heterocycles. The lowest BCUT2D eigenvalue weighted by Gasteiger charge is -2.08. The minimum Gasteiger partial charge on any atom is -0.488 e. The van der Waals surface area contributed by atoms with Crippen molar-refractivity contribution in [1.29, 1.82) is 5.26 Å². The van der Waals surface area contributed by atoms with Gasteiger partial charge >= 0.3 is 0 Å². The van der Waals surface area contributed by atoms with Crippen molar-refractivity contribution in [2.24, 2.45) is 0 Å². The first-order valence-electron chi connectivity index (χ1n) is 5.90. The molecule has 0 aromatic heterocycles. The molecule has 0 unspecified atom stereocenters. The summed E-state index contributed by atoms with van der Waals surface area (Å²) < 4.78 is 6.85. The molecule has 0 radical (unpaired) electrons. The summed E-state index contributed by atoms with van der Waals surface area (Å²) >= 11 is 3.47. The lowest BCUT2D eigenvalue weighted by atomic mass is 9.94. The van der Waals surface area contributed by atoms with E-state index in [1.807, 2.05) is 42.5 Å². The molecule has 0 saturated heterocycles. The zero-order chi connectivity index (χ0) is 13.2. The molecule has 92 valence electrons. The summed E-state index contributed by atoms with van der Waals surface area (Å²) in [5, 5.41) is 9.04. The zero-order valence-corrected chi connectivity index (χ0v) is 11.6. The molecule has 3 heteroatoms. The molecule has 0 N–H and O–H groups in total. The van der Waals surface area contributed by atoms with E-state index in [4.69, 9.17) is 10.00 Å². The predicted octanol–water partition coefficient (Wildman–Crippen LogP) is 4.30. The minimum absolute atomic E-state index is 0.508. The maximum atomic E-state index is 9.04. The van der Waals surface area contributed by atoms with Crippen LogP contribution >= 0.6 is 15.9 Å². The lowest BCUT2D eigenvalue weighted by molar-refractivity contribution is 0.307. The van der Waals surface area contributed by atoms with Gasteiger partial charge in [-0.15, -0.1) is 0 Å². The molecular weight excluding hydrogens is 302 g/mol. The highest BCUT2D eigenvalue weighted by Crippen LogP contribution is 2.37. The number of allylic oxidation sites excluding steroid dienone is 1. The predicted molar refractivity (Wildman–Crippen MR) is 77.6 cm³/mol. The molecule has 0 bridgehead atoms. The number of benzene rings is 2. The maximum absolute atomic E-state index is 9.04. The number of ether oxygens (including phenoxy) is 1. The van der Waals surface area contributed by atoms with Gasteiger partial charge < -0.3 is 4.74 Å². The molecule has 0 amide bonds. The van der Waals surface area contributed by atoms with E-state index in [9.17, 15) is 0 Å². The Labute approximate surface area is 120 Å². The number of nitriles is 1. The maximum Gasteiger partial charge on any atom is 0.127 e. The molecule has 0 aliphatic carbocycles. The second kappa shape index (κ2) is 4.91. The number of para-hydroxylation sites is 1. The number of hydrogen-bond donors (Lipinski definition) is 0. The van der Waals surface area contributed by atoms with E-state index in [1.54, 1.807) is 6.08 Å². The summed E-state index contributed by atoms with van der Waals surface area (Å²) in [4.78, 5) is 0. The molecule has 0 atom stereocenters. The molecule has 3 rings (SSSR count). The average molecular weight is 312 g/mol. The second-order valence-electron chi connectivity index (χ2n) is 4.27. The van der Waals surface area contributed by atoms with Crippen molar-refractivity contribution in [3.8, 4) is 11.8 Å². The minimum atomic E-state index is 0.508. The summed E-state index contributed by atoms with van der Waals surface area (Å²) in [5.74, 6) is 0.816. The van der Waals surface area contributed by atoms with Gasteiger partial charge in [0.15, 0.2) is 0 Å². The van der Waals surface area contributed by atoms with Crippen LogP contribution in [-0.2, 0) is 6.61 Å². The van der Waals surface area contributed by atoms with Crippen LogP contribution in [0.5, 0.6) is 5.75 Å². The Morgan fingerprint density at radius 3 is 2.84 bits per heavy atom. The van der Waals surface area contributed by atoms with Gasteiger partial charge in [-0.1, -0.05) is 40.2 Å². The molecular formula is C16H10BrNO. The van der Waals surface area contributed by atoms with Crippen LogP contribution in [0.2, 0.25) is 0 Å². The van der Waals surface area contributed by atoms with E-state index in [0.29, 0.717) is 6.61 Å². The van der Waals surface area contributed by atoms with E-state index >= 15 is 0 Å². The number of nitrogens with zero attached hydrogens (tertiary/aromatic N) is 1. The van der Waals surface area contributed by atoms with Crippen molar-refractivity contribution in [3.05, 3.63) is 69.7 Å². The van der Waals surface area contributed by atoms with E-state index in [2.05, 4.69) is 22.0 Å². The average Bonchev–Trinajstić information content (AvgIpc) is 2.57. The Morgan fingerprint density at radius 2 is 2.00 bits per heavy atom. The highest BCUT2D eigenvalue weighted by atomic mass is 79.9. The standard InChI is InChI=1S/C16H10BrNO/c17-12-5-6-13-11(9-12)10-19-16-4-2-1-3-15(16)14(13)7-8-18/h1-7,9H,10H2/b14-7-.